The Kier molecular flexibility index (Phi) is 13.7. The summed E-state index contributed by atoms with van der Waals surface area (Å²) in [6.45, 7) is 0. The molecule has 15 rings (SSSR count). The summed E-state index contributed by atoms with van der Waals surface area (Å²) < 4.78 is 0. The van der Waals surface area contributed by atoms with Gasteiger partial charge in [-0.15, -0.1) is 0 Å². The molecule has 0 saturated carbocycles. The van der Waals surface area contributed by atoms with E-state index in [9.17, 15) is 0 Å². The molecule has 0 aliphatic carbocycles. The van der Waals surface area contributed by atoms with Crippen molar-refractivity contribution in [1.29, 1.82) is 0 Å². The lowest BCUT2D eigenvalue weighted by atomic mass is 9.74. The number of nitrogens with zero attached hydrogens (tertiary/aromatic N) is 2. The van der Waals surface area contributed by atoms with Crippen LogP contribution in [0.25, 0.3) is 155 Å². The van der Waals surface area contributed by atoms with E-state index in [1.807, 2.05) is 0 Å². The molecule has 402 valence electrons. The van der Waals surface area contributed by atoms with Gasteiger partial charge >= 0.3 is 0 Å². The zero-order chi connectivity index (χ0) is 57.2. The second-order valence-corrected chi connectivity index (χ2v) is 21.8. The summed E-state index contributed by atoms with van der Waals surface area (Å²) in [6, 6.07) is 119. The molecular formula is C84H56N2. The molecule has 0 amide bonds. The highest BCUT2D eigenvalue weighted by atomic mass is 14.7. The minimum atomic E-state index is 0.841. The van der Waals surface area contributed by atoms with Crippen molar-refractivity contribution in [3.05, 3.63) is 340 Å². The van der Waals surface area contributed by atoms with Crippen molar-refractivity contribution in [3.63, 3.8) is 0 Å². The van der Waals surface area contributed by atoms with E-state index in [2.05, 4.69) is 340 Å². The maximum absolute atomic E-state index is 5.56. The fourth-order valence-electron chi connectivity index (χ4n) is 13.1. The third kappa shape index (κ3) is 9.37. The summed E-state index contributed by atoms with van der Waals surface area (Å²) in [5.41, 5.74) is 28.8. The molecule has 2 aromatic heterocycles. The van der Waals surface area contributed by atoms with Crippen LogP contribution in [0.4, 0.5) is 0 Å². The Balaban J connectivity index is 1.03. The Morgan fingerprint density at radius 3 is 0.430 bits per heavy atom. The smallest absolute Gasteiger partial charge is 0.0965 e. The van der Waals surface area contributed by atoms with Crippen molar-refractivity contribution in [3.8, 4) is 134 Å². The molecule has 0 aliphatic heterocycles. The average Bonchev–Trinajstić information content (AvgIpc) is 1.05. The van der Waals surface area contributed by atoms with Crippen LogP contribution in [0.5, 0.6) is 0 Å². The van der Waals surface area contributed by atoms with E-state index in [0.29, 0.717) is 0 Å². The number of hydrogen-bond donors (Lipinski definition) is 0. The van der Waals surface area contributed by atoms with Crippen LogP contribution in [0, 0.1) is 0 Å². The topological polar surface area (TPSA) is 25.8 Å². The summed E-state index contributed by atoms with van der Waals surface area (Å²) in [5, 5.41) is 2.01. The number of aromatic nitrogens is 2. The van der Waals surface area contributed by atoms with Crippen LogP contribution in [-0.4, -0.2) is 9.97 Å². The van der Waals surface area contributed by atoms with Gasteiger partial charge in [0, 0.05) is 45.4 Å². The molecule has 0 saturated heterocycles. The molecule has 0 N–H and O–H groups in total. The lowest BCUT2D eigenvalue weighted by Gasteiger charge is -2.29. The Bertz CT molecular complexity index is 4360. The van der Waals surface area contributed by atoms with Crippen LogP contribution in [0.15, 0.2) is 340 Å². The lowest BCUT2D eigenvalue weighted by Crippen LogP contribution is -2.02. The van der Waals surface area contributed by atoms with Crippen molar-refractivity contribution in [1.82, 2.24) is 9.97 Å². The van der Waals surface area contributed by atoms with Crippen molar-refractivity contribution in [2.24, 2.45) is 0 Å². The Hall–Kier alpha value is -11.3. The molecule has 2 heteroatoms. The van der Waals surface area contributed by atoms with E-state index < -0.39 is 0 Å². The molecule has 0 spiro atoms. The minimum absolute atomic E-state index is 0.841. The SMILES string of the molecule is c1ccc(-c2c(-c3ccccc3)c(-c3ccccc3)c(-c3cnc4c(ccc5cc(-c6c(-c7ccccc7)c(-c7ccccc7)c(-c7ccccc7)c(-c7ccccc7)c6-c6ccccc6)cnc54)c3)c(-c3ccccc3)c2-c2ccccc2)cc1. The van der Waals surface area contributed by atoms with Crippen LogP contribution < -0.4 is 0 Å². The predicted molar refractivity (Wildman–Crippen MR) is 362 cm³/mol. The fourth-order valence-corrected chi connectivity index (χ4v) is 13.1. The third-order valence-electron chi connectivity index (χ3n) is 16.7. The summed E-state index contributed by atoms with van der Waals surface area (Å²) in [6.07, 6.45) is 4.19. The predicted octanol–water partition coefficient (Wildman–Crippen LogP) is 22.8. The summed E-state index contributed by atoms with van der Waals surface area (Å²) in [5.74, 6) is 0. The van der Waals surface area contributed by atoms with Crippen LogP contribution in [0.2, 0.25) is 0 Å². The Labute approximate surface area is 502 Å². The number of pyridine rings is 2. The van der Waals surface area contributed by atoms with Gasteiger partial charge in [0.15, 0.2) is 0 Å². The van der Waals surface area contributed by atoms with Crippen molar-refractivity contribution < 1.29 is 0 Å². The van der Waals surface area contributed by atoms with E-state index in [1.54, 1.807) is 0 Å². The fraction of sp³-hybridized carbons (Fsp3) is 0. The summed E-state index contributed by atoms with van der Waals surface area (Å²) >= 11 is 0. The van der Waals surface area contributed by atoms with Gasteiger partial charge in [0.1, 0.15) is 0 Å². The summed E-state index contributed by atoms with van der Waals surface area (Å²) in [4.78, 5) is 11.1. The average molecular weight is 1090 g/mol. The second-order valence-electron chi connectivity index (χ2n) is 21.8. The molecule has 2 nitrogen and oxygen atoms in total. The standard InChI is InChI=1S/C84H56N2/c1-11-31-57(32-12-1)71-73(59-35-15-3-16-36-59)77(63-43-23-7-24-44-63)81(78(64-45-25-8-26-46-64)74(71)60-37-17-4-18-38-60)69-53-67-51-52-68-54-70(56-86-84(68)83(67)85-55-69)82-79(65-47-27-9-28-48-65)75(61-39-19-5-20-40-61)72(58-33-13-2-14-34-58)76(62-41-21-6-22-42-62)80(82)66-49-29-10-30-50-66/h1-56H. The number of benzene rings is 13. The largest absolute Gasteiger partial charge is 0.253 e. The first-order valence-corrected chi connectivity index (χ1v) is 29.5. The van der Waals surface area contributed by atoms with Crippen LogP contribution in [0.3, 0.4) is 0 Å². The van der Waals surface area contributed by atoms with E-state index in [1.165, 1.54) is 11.1 Å². The van der Waals surface area contributed by atoms with Gasteiger partial charge in [0.05, 0.1) is 11.0 Å². The van der Waals surface area contributed by atoms with Crippen molar-refractivity contribution in [2.45, 2.75) is 0 Å². The number of hydrogen-bond acceptors (Lipinski definition) is 2. The maximum Gasteiger partial charge on any atom is 0.0965 e. The third-order valence-corrected chi connectivity index (χ3v) is 16.7. The monoisotopic (exact) mass is 1090 g/mol. The normalized spacial score (nSPS) is 11.3. The van der Waals surface area contributed by atoms with E-state index in [-0.39, 0.29) is 0 Å². The lowest BCUT2D eigenvalue weighted by molar-refractivity contribution is 1.37. The summed E-state index contributed by atoms with van der Waals surface area (Å²) in [7, 11) is 0. The van der Waals surface area contributed by atoms with E-state index in [4.69, 9.17) is 9.97 Å². The van der Waals surface area contributed by atoms with E-state index >= 15 is 0 Å². The minimum Gasteiger partial charge on any atom is -0.253 e. The van der Waals surface area contributed by atoms with Crippen LogP contribution in [0.1, 0.15) is 0 Å². The van der Waals surface area contributed by atoms with E-state index in [0.717, 1.165) is 144 Å². The molecule has 86 heavy (non-hydrogen) atoms. The molecule has 13 aromatic carbocycles. The van der Waals surface area contributed by atoms with Gasteiger partial charge in [-0.05, 0) is 123 Å². The van der Waals surface area contributed by atoms with Gasteiger partial charge in [-0.25, -0.2) is 0 Å². The molecule has 2 heterocycles. The first-order valence-electron chi connectivity index (χ1n) is 29.5. The van der Waals surface area contributed by atoms with Crippen LogP contribution >= 0.6 is 0 Å². The molecular weight excluding hydrogens is 1040 g/mol. The Morgan fingerprint density at radius 2 is 0.279 bits per heavy atom. The highest BCUT2D eigenvalue weighted by molar-refractivity contribution is 6.18. The zero-order valence-corrected chi connectivity index (χ0v) is 47.2. The van der Waals surface area contributed by atoms with Gasteiger partial charge in [0.25, 0.3) is 0 Å². The first kappa shape index (κ1) is 51.6. The van der Waals surface area contributed by atoms with Gasteiger partial charge in [0.2, 0.25) is 0 Å². The Morgan fingerprint density at radius 1 is 0.140 bits per heavy atom. The molecule has 0 bridgehead atoms. The molecule has 15 aromatic rings. The zero-order valence-electron chi connectivity index (χ0n) is 47.2. The van der Waals surface area contributed by atoms with Crippen molar-refractivity contribution in [2.75, 3.05) is 0 Å². The van der Waals surface area contributed by atoms with Gasteiger partial charge < -0.3 is 0 Å². The van der Waals surface area contributed by atoms with Crippen molar-refractivity contribution >= 4 is 21.8 Å². The molecule has 0 fully saturated rings. The number of fused-ring (bicyclic) bond motifs is 3. The molecule has 0 radical (unpaired) electrons. The second kappa shape index (κ2) is 22.8. The first-order chi connectivity index (χ1) is 42.7. The molecule has 0 aliphatic rings. The highest BCUT2D eigenvalue weighted by Crippen LogP contribution is 2.58. The molecule has 0 atom stereocenters. The van der Waals surface area contributed by atoms with Gasteiger partial charge in [-0.1, -0.05) is 315 Å². The van der Waals surface area contributed by atoms with Gasteiger partial charge in [-0.2, -0.15) is 0 Å². The number of rotatable bonds is 12. The maximum atomic E-state index is 5.56. The molecule has 0 unspecified atom stereocenters. The van der Waals surface area contributed by atoms with Crippen LogP contribution in [-0.2, 0) is 0 Å². The highest BCUT2D eigenvalue weighted by Gasteiger charge is 2.32. The van der Waals surface area contributed by atoms with Gasteiger partial charge in [-0.3, -0.25) is 9.97 Å². The quantitative estimate of drug-likeness (QED) is 0.114.